The Bertz CT molecular complexity index is 990. The standard InChI is InChI=1S/C23H28F3N3O5/c24-23(25,26)16-13-15(8-9-18(16)33-12-4-7-14-5-2-1-3-6-14)20-27-21(34-28-20)19-17(30)10-11-29(19)22(31)32/h8-9,13-14,17,19,30H,1-7,10-12H2,(H,31,32)/t17-,19-/m0/s1. The number of ether oxygens (including phenoxy) is 1. The number of hydrogen-bond donors (Lipinski definition) is 2. The number of likely N-dealkylation sites (tertiary alicyclic amines) is 1. The summed E-state index contributed by atoms with van der Waals surface area (Å²) in [7, 11) is 0. The highest BCUT2D eigenvalue weighted by Gasteiger charge is 2.41. The number of benzene rings is 1. The predicted octanol–water partition coefficient (Wildman–Crippen LogP) is 5.28. The summed E-state index contributed by atoms with van der Waals surface area (Å²) in [5, 5.41) is 23.1. The zero-order valence-electron chi connectivity index (χ0n) is 18.6. The topological polar surface area (TPSA) is 109 Å². The van der Waals surface area contributed by atoms with Crippen LogP contribution in [0.3, 0.4) is 0 Å². The molecule has 1 amide bonds. The number of carboxylic acid groups (broad SMARTS) is 1. The van der Waals surface area contributed by atoms with Crippen LogP contribution in [0.2, 0.25) is 0 Å². The van der Waals surface area contributed by atoms with E-state index in [1.54, 1.807) is 0 Å². The molecule has 1 aromatic heterocycles. The van der Waals surface area contributed by atoms with E-state index in [1.165, 1.54) is 44.2 Å². The summed E-state index contributed by atoms with van der Waals surface area (Å²) in [6.45, 7) is 0.291. The molecule has 1 aromatic carbocycles. The fourth-order valence-electron chi connectivity index (χ4n) is 4.81. The number of nitrogens with zero attached hydrogens (tertiary/aromatic N) is 3. The van der Waals surface area contributed by atoms with Gasteiger partial charge in [-0.15, -0.1) is 0 Å². The van der Waals surface area contributed by atoms with Gasteiger partial charge in [0.2, 0.25) is 5.82 Å². The van der Waals surface area contributed by atoms with Crippen molar-refractivity contribution in [3.8, 4) is 17.1 Å². The van der Waals surface area contributed by atoms with Gasteiger partial charge in [0.1, 0.15) is 11.8 Å². The molecule has 11 heteroatoms. The molecular formula is C23H28F3N3O5. The lowest BCUT2D eigenvalue weighted by atomic mass is 9.86. The maximum absolute atomic E-state index is 13.7. The highest BCUT2D eigenvalue weighted by molar-refractivity contribution is 5.66. The molecule has 1 saturated carbocycles. The number of aliphatic hydroxyl groups excluding tert-OH is 1. The monoisotopic (exact) mass is 483 g/mol. The van der Waals surface area contributed by atoms with Gasteiger partial charge in [-0.1, -0.05) is 37.3 Å². The fraction of sp³-hybridized carbons (Fsp3) is 0.609. The van der Waals surface area contributed by atoms with Crippen LogP contribution in [0.15, 0.2) is 22.7 Å². The van der Waals surface area contributed by atoms with Crippen molar-refractivity contribution in [2.75, 3.05) is 13.2 Å². The molecule has 2 N–H and O–H groups in total. The second kappa shape index (κ2) is 10.2. The van der Waals surface area contributed by atoms with Crippen molar-refractivity contribution in [3.63, 3.8) is 0 Å². The van der Waals surface area contributed by atoms with Gasteiger partial charge in [0.05, 0.1) is 18.3 Å². The third-order valence-corrected chi connectivity index (χ3v) is 6.59. The van der Waals surface area contributed by atoms with Crippen molar-refractivity contribution in [2.24, 2.45) is 5.92 Å². The van der Waals surface area contributed by atoms with E-state index >= 15 is 0 Å². The van der Waals surface area contributed by atoms with Crippen LogP contribution in [0.5, 0.6) is 5.75 Å². The zero-order valence-corrected chi connectivity index (χ0v) is 18.6. The summed E-state index contributed by atoms with van der Waals surface area (Å²) in [4.78, 5) is 16.4. The first-order valence-electron chi connectivity index (χ1n) is 11.6. The highest BCUT2D eigenvalue weighted by Crippen LogP contribution is 2.39. The van der Waals surface area contributed by atoms with Gasteiger partial charge in [0, 0.05) is 12.1 Å². The van der Waals surface area contributed by atoms with Crippen molar-refractivity contribution in [1.82, 2.24) is 15.0 Å². The normalized spacial score (nSPS) is 21.7. The van der Waals surface area contributed by atoms with Crippen LogP contribution in [0.1, 0.15) is 68.9 Å². The highest BCUT2D eigenvalue weighted by atomic mass is 19.4. The van der Waals surface area contributed by atoms with E-state index in [2.05, 4.69) is 10.1 Å². The van der Waals surface area contributed by atoms with E-state index < -0.39 is 30.0 Å². The lowest BCUT2D eigenvalue weighted by molar-refractivity contribution is -0.138. The molecule has 0 spiro atoms. The molecule has 186 valence electrons. The van der Waals surface area contributed by atoms with E-state index in [4.69, 9.17) is 9.26 Å². The van der Waals surface area contributed by atoms with E-state index in [9.17, 15) is 28.2 Å². The summed E-state index contributed by atoms with van der Waals surface area (Å²) in [5.41, 5.74) is -0.895. The average Bonchev–Trinajstić information content (AvgIpc) is 3.43. The Hall–Kier alpha value is -2.82. The lowest BCUT2D eigenvalue weighted by Gasteiger charge is -2.21. The van der Waals surface area contributed by atoms with Gasteiger partial charge in [0.15, 0.2) is 0 Å². The molecule has 1 aliphatic carbocycles. The first kappa shape index (κ1) is 24.3. The van der Waals surface area contributed by atoms with E-state index in [-0.39, 0.29) is 42.6 Å². The summed E-state index contributed by atoms with van der Waals surface area (Å²) in [6.07, 6.45) is 0.943. The summed E-state index contributed by atoms with van der Waals surface area (Å²) in [6, 6.07) is 2.47. The predicted molar refractivity (Wildman–Crippen MR) is 114 cm³/mol. The van der Waals surface area contributed by atoms with Gasteiger partial charge in [-0.05, 0) is 43.4 Å². The number of alkyl halides is 3. The van der Waals surface area contributed by atoms with Gasteiger partial charge >= 0.3 is 12.3 Å². The Morgan fingerprint density at radius 1 is 1.21 bits per heavy atom. The third-order valence-electron chi connectivity index (χ3n) is 6.59. The molecular weight excluding hydrogens is 455 g/mol. The number of carbonyl (C=O) groups is 1. The van der Waals surface area contributed by atoms with Gasteiger partial charge in [-0.2, -0.15) is 18.2 Å². The van der Waals surface area contributed by atoms with Crippen LogP contribution in [-0.2, 0) is 6.18 Å². The first-order valence-corrected chi connectivity index (χ1v) is 11.6. The Labute approximate surface area is 194 Å². The van der Waals surface area contributed by atoms with Crippen LogP contribution in [0.25, 0.3) is 11.4 Å². The minimum atomic E-state index is -4.65. The number of halogens is 3. The van der Waals surface area contributed by atoms with Crippen molar-refractivity contribution in [1.29, 1.82) is 0 Å². The van der Waals surface area contributed by atoms with Crippen LogP contribution in [-0.4, -0.2) is 50.6 Å². The molecule has 0 unspecified atom stereocenters. The van der Waals surface area contributed by atoms with Crippen LogP contribution in [0, 0.1) is 5.92 Å². The smallest absolute Gasteiger partial charge is 0.419 e. The number of hydrogen-bond acceptors (Lipinski definition) is 6. The summed E-state index contributed by atoms with van der Waals surface area (Å²) in [5.74, 6) is 0.0735. The molecule has 0 bridgehead atoms. The van der Waals surface area contributed by atoms with Gasteiger partial charge in [0.25, 0.3) is 5.89 Å². The van der Waals surface area contributed by atoms with Crippen LogP contribution < -0.4 is 4.74 Å². The molecule has 8 nitrogen and oxygen atoms in total. The van der Waals surface area contributed by atoms with Crippen molar-refractivity contribution < 1.29 is 37.4 Å². The SMILES string of the molecule is O=C(O)N1CC[C@H](O)[C@H]1c1nc(-c2ccc(OCCCC3CCCCC3)c(C(F)(F)F)c2)no1. The average molecular weight is 483 g/mol. The number of amides is 1. The fourth-order valence-corrected chi connectivity index (χ4v) is 4.81. The van der Waals surface area contributed by atoms with Gasteiger partial charge in [-0.3, -0.25) is 4.90 Å². The lowest BCUT2D eigenvalue weighted by Crippen LogP contribution is -2.32. The maximum Gasteiger partial charge on any atom is 0.419 e. The summed E-state index contributed by atoms with van der Waals surface area (Å²) >= 11 is 0. The summed E-state index contributed by atoms with van der Waals surface area (Å²) < 4.78 is 51.8. The number of aliphatic hydroxyl groups is 1. The van der Waals surface area contributed by atoms with Crippen LogP contribution >= 0.6 is 0 Å². The molecule has 1 saturated heterocycles. The van der Waals surface area contributed by atoms with Crippen molar-refractivity contribution in [3.05, 3.63) is 29.7 Å². The van der Waals surface area contributed by atoms with E-state index in [1.807, 2.05) is 0 Å². The van der Waals surface area contributed by atoms with Gasteiger partial charge in [-0.25, -0.2) is 4.79 Å². The molecule has 2 heterocycles. The minimum absolute atomic E-state index is 0.0474. The maximum atomic E-state index is 13.7. The molecule has 0 radical (unpaired) electrons. The Morgan fingerprint density at radius 2 is 1.97 bits per heavy atom. The second-order valence-electron chi connectivity index (χ2n) is 8.94. The molecule has 2 aromatic rings. The van der Waals surface area contributed by atoms with Crippen molar-refractivity contribution >= 4 is 6.09 Å². The Kier molecular flexibility index (Phi) is 7.30. The third kappa shape index (κ3) is 5.45. The molecule has 1 aliphatic heterocycles. The minimum Gasteiger partial charge on any atom is -0.493 e. The molecule has 34 heavy (non-hydrogen) atoms. The van der Waals surface area contributed by atoms with E-state index in [0.29, 0.717) is 12.3 Å². The quantitative estimate of drug-likeness (QED) is 0.516. The molecule has 2 aliphatic rings. The number of aromatic nitrogens is 2. The first-order chi connectivity index (χ1) is 16.2. The van der Waals surface area contributed by atoms with Crippen LogP contribution in [0.4, 0.5) is 18.0 Å². The molecule has 4 rings (SSSR count). The Balaban J connectivity index is 1.47. The second-order valence-corrected chi connectivity index (χ2v) is 8.94. The molecule has 2 fully saturated rings. The largest absolute Gasteiger partial charge is 0.493 e. The van der Waals surface area contributed by atoms with Crippen molar-refractivity contribution in [2.45, 2.75) is 69.7 Å². The number of rotatable bonds is 7. The van der Waals surface area contributed by atoms with Gasteiger partial charge < -0.3 is 19.5 Å². The molecule has 2 atom stereocenters. The Morgan fingerprint density at radius 3 is 2.68 bits per heavy atom. The zero-order chi connectivity index (χ0) is 24.3. The van der Waals surface area contributed by atoms with E-state index in [0.717, 1.165) is 17.4 Å².